The molecule has 1 heterocycles. The number of cyclic esters (lactones) is 1. The zero-order chi connectivity index (χ0) is 8.10. The van der Waals surface area contributed by atoms with Crippen LogP contribution in [0.2, 0.25) is 0 Å². The lowest BCUT2D eigenvalue weighted by atomic mass is 10.1. The standard InChI is InChI=1S/C8H12O2S/c9-8-5-4-7(10-8)3-1-2-6-11/h6-7H,1-5H2. The molecule has 0 saturated carbocycles. The van der Waals surface area contributed by atoms with Gasteiger partial charge in [-0.3, -0.25) is 4.79 Å². The first-order valence-corrected chi connectivity index (χ1v) is 4.43. The number of hydrogen-bond acceptors (Lipinski definition) is 3. The van der Waals surface area contributed by atoms with Crippen molar-refractivity contribution in [3.8, 4) is 0 Å². The number of unbranched alkanes of at least 4 members (excludes halogenated alkanes) is 1. The monoisotopic (exact) mass is 172 g/mol. The normalized spacial score (nSPS) is 23.3. The molecular formula is C8H12O2S. The van der Waals surface area contributed by atoms with Gasteiger partial charge in [0.05, 0.1) is 0 Å². The molecule has 0 aliphatic carbocycles. The van der Waals surface area contributed by atoms with Crippen LogP contribution in [0.25, 0.3) is 0 Å². The third kappa shape index (κ3) is 2.97. The molecule has 0 radical (unpaired) electrons. The SMILES string of the molecule is O=C1CCC(CCCC=S)O1. The van der Waals surface area contributed by atoms with Crippen molar-refractivity contribution in [3.63, 3.8) is 0 Å². The Bertz CT molecular complexity index is 156. The molecule has 1 rings (SSSR count). The van der Waals surface area contributed by atoms with Crippen LogP contribution in [-0.2, 0) is 9.53 Å². The minimum Gasteiger partial charge on any atom is -0.462 e. The Morgan fingerprint density at radius 1 is 1.73 bits per heavy atom. The summed E-state index contributed by atoms with van der Waals surface area (Å²) in [6, 6.07) is 0. The van der Waals surface area contributed by atoms with E-state index in [-0.39, 0.29) is 12.1 Å². The molecule has 1 unspecified atom stereocenters. The van der Waals surface area contributed by atoms with Crippen molar-refractivity contribution in [2.45, 2.75) is 38.2 Å². The van der Waals surface area contributed by atoms with Crippen LogP contribution < -0.4 is 0 Å². The Morgan fingerprint density at radius 2 is 2.55 bits per heavy atom. The summed E-state index contributed by atoms with van der Waals surface area (Å²) in [4.78, 5) is 10.6. The molecule has 3 heteroatoms. The van der Waals surface area contributed by atoms with Crippen molar-refractivity contribution < 1.29 is 9.53 Å². The highest BCUT2D eigenvalue weighted by atomic mass is 32.1. The predicted molar refractivity (Wildman–Crippen MR) is 46.6 cm³/mol. The summed E-state index contributed by atoms with van der Waals surface area (Å²) >= 11 is 4.68. The fourth-order valence-electron chi connectivity index (χ4n) is 1.21. The van der Waals surface area contributed by atoms with E-state index in [0.717, 1.165) is 25.7 Å². The van der Waals surface area contributed by atoms with Gasteiger partial charge in [0, 0.05) is 6.42 Å². The lowest BCUT2D eigenvalue weighted by Crippen LogP contribution is -2.05. The largest absolute Gasteiger partial charge is 0.462 e. The van der Waals surface area contributed by atoms with Gasteiger partial charge in [-0.2, -0.15) is 0 Å². The van der Waals surface area contributed by atoms with Gasteiger partial charge in [0.2, 0.25) is 0 Å². The third-order valence-corrected chi connectivity index (χ3v) is 2.05. The number of thiocarbonyl (C=S) groups is 1. The van der Waals surface area contributed by atoms with Crippen molar-refractivity contribution in [1.29, 1.82) is 0 Å². The minimum absolute atomic E-state index is 0.0441. The second-order valence-corrected chi connectivity index (χ2v) is 3.08. The van der Waals surface area contributed by atoms with Gasteiger partial charge in [-0.25, -0.2) is 0 Å². The van der Waals surface area contributed by atoms with Crippen molar-refractivity contribution in [1.82, 2.24) is 0 Å². The Kier molecular flexibility index (Phi) is 3.49. The molecule has 1 aliphatic heterocycles. The quantitative estimate of drug-likeness (QED) is 0.368. The van der Waals surface area contributed by atoms with Crippen molar-refractivity contribution >= 4 is 23.6 Å². The van der Waals surface area contributed by atoms with E-state index in [1.54, 1.807) is 5.37 Å². The molecule has 0 bridgehead atoms. The molecule has 0 aromatic heterocycles. The summed E-state index contributed by atoms with van der Waals surface area (Å²) < 4.78 is 5.02. The topological polar surface area (TPSA) is 26.3 Å². The van der Waals surface area contributed by atoms with Gasteiger partial charge in [-0.1, -0.05) is 12.2 Å². The summed E-state index contributed by atoms with van der Waals surface area (Å²) in [6.07, 6.45) is 4.64. The van der Waals surface area contributed by atoms with Gasteiger partial charge in [0.1, 0.15) is 6.10 Å². The zero-order valence-electron chi connectivity index (χ0n) is 6.41. The number of esters is 1. The number of carbonyl (C=O) groups excluding carboxylic acids is 1. The van der Waals surface area contributed by atoms with Crippen molar-refractivity contribution in [3.05, 3.63) is 0 Å². The summed E-state index contributed by atoms with van der Waals surface area (Å²) in [5, 5.41) is 1.73. The average molecular weight is 172 g/mol. The Hall–Kier alpha value is -0.440. The van der Waals surface area contributed by atoms with E-state index in [4.69, 9.17) is 4.74 Å². The van der Waals surface area contributed by atoms with Gasteiger partial charge in [-0.15, -0.1) is 0 Å². The maximum Gasteiger partial charge on any atom is 0.306 e. The number of hydrogen-bond donors (Lipinski definition) is 0. The van der Waals surface area contributed by atoms with Crippen molar-refractivity contribution in [2.75, 3.05) is 0 Å². The van der Waals surface area contributed by atoms with Crippen LogP contribution in [0.1, 0.15) is 32.1 Å². The Balaban J connectivity index is 2.08. The molecule has 62 valence electrons. The van der Waals surface area contributed by atoms with E-state index in [9.17, 15) is 4.79 Å². The Morgan fingerprint density at radius 3 is 3.09 bits per heavy atom. The Labute approximate surface area is 71.9 Å². The summed E-state index contributed by atoms with van der Waals surface area (Å²) in [5.74, 6) is -0.0441. The number of carbonyl (C=O) groups is 1. The van der Waals surface area contributed by atoms with Crippen LogP contribution in [0.5, 0.6) is 0 Å². The van der Waals surface area contributed by atoms with Crippen LogP contribution in [0.3, 0.4) is 0 Å². The average Bonchev–Trinajstić information content (AvgIpc) is 2.37. The molecule has 11 heavy (non-hydrogen) atoms. The molecule has 2 nitrogen and oxygen atoms in total. The van der Waals surface area contributed by atoms with Gasteiger partial charge >= 0.3 is 5.97 Å². The van der Waals surface area contributed by atoms with E-state index in [1.165, 1.54) is 0 Å². The molecule has 0 amide bonds. The van der Waals surface area contributed by atoms with Crippen LogP contribution >= 0.6 is 12.2 Å². The van der Waals surface area contributed by atoms with Crippen molar-refractivity contribution in [2.24, 2.45) is 0 Å². The van der Waals surface area contributed by atoms with Crippen LogP contribution in [-0.4, -0.2) is 17.4 Å². The maximum atomic E-state index is 10.6. The number of rotatable bonds is 4. The highest BCUT2D eigenvalue weighted by Gasteiger charge is 2.21. The van der Waals surface area contributed by atoms with Gasteiger partial charge in [-0.05, 0) is 31.1 Å². The molecule has 0 N–H and O–H groups in total. The van der Waals surface area contributed by atoms with Crippen LogP contribution in [0.4, 0.5) is 0 Å². The first kappa shape index (κ1) is 8.65. The molecule has 1 atom stereocenters. The first-order chi connectivity index (χ1) is 5.33. The highest BCUT2D eigenvalue weighted by molar-refractivity contribution is 7.78. The summed E-state index contributed by atoms with van der Waals surface area (Å²) in [5.41, 5.74) is 0. The second-order valence-electron chi connectivity index (χ2n) is 2.75. The van der Waals surface area contributed by atoms with E-state index in [0.29, 0.717) is 6.42 Å². The van der Waals surface area contributed by atoms with Crippen LogP contribution in [0.15, 0.2) is 0 Å². The van der Waals surface area contributed by atoms with E-state index in [2.05, 4.69) is 12.2 Å². The fraction of sp³-hybridized carbons (Fsp3) is 0.750. The molecule has 0 spiro atoms. The minimum atomic E-state index is -0.0441. The molecule has 0 aromatic carbocycles. The number of ether oxygens (including phenoxy) is 1. The van der Waals surface area contributed by atoms with Gasteiger partial charge < -0.3 is 4.74 Å². The fourth-order valence-corrected chi connectivity index (χ4v) is 1.38. The predicted octanol–water partition coefficient (Wildman–Crippen LogP) is 1.86. The lowest BCUT2D eigenvalue weighted by molar-refractivity contribution is -0.141. The molecular weight excluding hydrogens is 160 g/mol. The highest BCUT2D eigenvalue weighted by Crippen LogP contribution is 2.18. The van der Waals surface area contributed by atoms with Gasteiger partial charge in [0.15, 0.2) is 0 Å². The summed E-state index contributed by atoms with van der Waals surface area (Å²) in [6.45, 7) is 0. The smallest absolute Gasteiger partial charge is 0.306 e. The van der Waals surface area contributed by atoms with Gasteiger partial charge in [0.25, 0.3) is 0 Å². The third-order valence-electron chi connectivity index (χ3n) is 1.82. The molecule has 1 fully saturated rings. The summed E-state index contributed by atoms with van der Waals surface area (Å²) in [7, 11) is 0. The lowest BCUT2D eigenvalue weighted by Gasteiger charge is -2.06. The van der Waals surface area contributed by atoms with E-state index in [1.807, 2.05) is 0 Å². The van der Waals surface area contributed by atoms with E-state index >= 15 is 0 Å². The molecule has 0 aromatic rings. The van der Waals surface area contributed by atoms with Crippen LogP contribution in [0, 0.1) is 0 Å². The molecule has 1 saturated heterocycles. The zero-order valence-corrected chi connectivity index (χ0v) is 7.23. The molecule has 1 aliphatic rings. The second kappa shape index (κ2) is 4.44. The van der Waals surface area contributed by atoms with E-state index < -0.39 is 0 Å². The maximum absolute atomic E-state index is 10.6. The first-order valence-electron chi connectivity index (χ1n) is 3.96.